The molecule has 21 heavy (non-hydrogen) atoms. The van der Waals surface area contributed by atoms with Crippen molar-refractivity contribution >= 4 is 11.6 Å². The second-order valence-corrected chi connectivity index (χ2v) is 5.90. The number of hydrogen-bond donors (Lipinski definition) is 1. The molecule has 0 unspecified atom stereocenters. The van der Waals surface area contributed by atoms with Crippen LogP contribution in [-0.4, -0.2) is 25.2 Å². The van der Waals surface area contributed by atoms with E-state index in [1.54, 1.807) is 7.11 Å². The molecule has 1 aromatic carbocycles. The number of anilines is 1. The molecule has 0 aliphatic rings. The van der Waals surface area contributed by atoms with E-state index in [1.165, 1.54) is 0 Å². The molecule has 4 heteroatoms. The van der Waals surface area contributed by atoms with Gasteiger partial charge in [-0.1, -0.05) is 13.8 Å². The second-order valence-electron chi connectivity index (χ2n) is 5.90. The maximum Gasteiger partial charge on any atom is 0.256 e. The van der Waals surface area contributed by atoms with Gasteiger partial charge in [0.1, 0.15) is 11.4 Å². The highest BCUT2D eigenvalue weighted by Gasteiger charge is 2.34. The summed E-state index contributed by atoms with van der Waals surface area (Å²) in [5.74, 6) is 1.08. The Labute approximate surface area is 127 Å². The number of methoxy groups -OCH3 is 1. The number of rotatable bonds is 7. The molecule has 0 spiro atoms. The molecule has 1 amide bonds. The van der Waals surface area contributed by atoms with Crippen molar-refractivity contribution in [2.75, 3.05) is 19.0 Å². The summed E-state index contributed by atoms with van der Waals surface area (Å²) in [6, 6.07) is 5.59. The standard InChI is InChI=1S/C17H27NO3/c1-7-21-17(5,11-12(2)3)16(19)18-14-8-9-15(20-6)13(4)10-14/h8-10,12H,7,11H2,1-6H3,(H,18,19)/t17-/m0/s1. The van der Waals surface area contributed by atoms with E-state index < -0.39 is 5.60 Å². The molecule has 1 N–H and O–H groups in total. The van der Waals surface area contributed by atoms with Gasteiger partial charge in [-0.25, -0.2) is 0 Å². The number of carbonyl (C=O) groups excluding carboxylic acids is 1. The summed E-state index contributed by atoms with van der Waals surface area (Å²) in [4.78, 5) is 12.6. The van der Waals surface area contributed by atoms with Gasteiger partial charge in [0.05, 0.1) is 7.11 Å². The van der Waals surface area contributed by atoms with Crippen LogP contribution in [0, 0.1) is 12.8 Å². The van der Waals surface area contributed by atoms with Crippen LogP contribution in [0.25, 0.3) is 0 Å². The lowest BCUT2D eigenvalue weighted by molar-refractivity contribution is -0.140. The Bertz CT molecular complexity index is 485. The first-order valence-corrected chi connectivity index (χ1v) is 7.42. The molecule has 0 aliphatic heterocycles. The second kappa shape index (κ2) is 7.46. The fourth-order valence-electron chi connectivity index (χ4n) is 2.53. The third-order valence-corrected chi connectivity index (χ3v) is 3.39. The average molecular weight is 293 g/mol. The van der Waals surface area contributed by atoms with E-state index in [4.69, 9.17) is 9.47 Å². The molecule has 0 saturated carbocycles. The molecule has 0 aromatic heterocycles. The molecule has 0 aliphatic carbocycles. The zero-order valence-electron chi connectivity index (χ0n) is 13.9. The Morgan fingerprint density at radius 1 is 1.38 bits per heavy atom. The van der Waals surface area contributed by atoms with Crippen LogP contribution >= 0.6 is 0 Å². The Morgan fingerprint density at radius 3 is 2.52 bits per heavy atom. The molecular weight excluding hydrogens is 266 g/mol. The summed E-state index contributed by atoms with van der Waals surface area (Å²) in [6.07, 6.45) is 0.682. The topological polar surface area (TPSA) is 47.6 Å². The molecular formula is C17H27NO3. The Kier molecular flexibility index (Phi) is 6.21. The Hall–Kier alpha value is -1.55. The van der Waals surface area contributed by atoms with Gasteiger partial charge in [0.2, 0.25) is 0 Å². The molecule has 1 atom stereocenters. The van der Waals surface area contributed by atoms with Crippen LogP contribution in [0.15, 0.2) is 18.2 Å². The highest BCUT2D eigenvalue weighted by Crippen LogP contribution is 2.25. The van der Waals surface area contributed by atoms with Gasteiger partial charge in [-0.05, 0) is 56.9 Å². The van der Waals surface area contributed by atoms with E-state index in [9.17, 15) is 4.79 Å². The summed E-state index contributed by atoms with van der Waals surface area (Å²) < 4.78 is 10.9. The third kappa shape index (κ3) is 4.74. The van der Waals surface area contributed by atoms with Crippen molar-refractivity contribution in [1.29, 1.82) is 0 Å². The zero-order chi connectivity index (χ0) is 16.0. The normalized spacial score (nSPS) is 13.9. The number of nitrogens with one attached hydrogen (secondary N) is 1. The molecule has 118 valence electrons. The summed E-state index contributed by atoms with van der Waals surface area (Å²) in [5.41, 5.74) is 0.932. The van der Waals surface area contributed by atoms with E-state index >= 15 is 0 Å². The van der Waals surface area contributed by atoms with Crippen LogP contribution in [-0.2, 0) is 9.53 Å². The summed E-state index contributed by atoms with van der Waals surface area (Å²) in [7, 11) is 1.63. The number of amides is 1. The van der Waals surface area contributed by atoms with E-state index in [-0.39, 0.29) is 5.91 Å². The molecule has 1 aromatic rings. The maximum absolute atomic E-state index is 12.6. The van der Waals surface area contributed by atoms with Crippen LogP contribution in [0.4, 0.5) is 5.69 Å². The Morgan fingerprint density at radius 2 is 2.05 bits per heavy atom. The van der Waals surface area contributed by atoms with E-state index in [0.29, 0.717) is 18.9 Å². The smallest absolute Gasteiger partial charge is 0.256 e. The fraction of sp³-hybridized carbons (Fsp3) is 0.588. The van der Waals surface area contributed by atoms with Gasteiger partial charge >= 0.3 is 0 Å². The quantitative estimate of drug-likeness (QED) is 0.832. The zero-order valence-corrected chi connectivity index (χ0v) is 13.9. The Balaban J connectivity index is 2.88. The predicted octanol–water partition coefficient (Wildman–Crippen LogP) is 3.78. The highest BCUT2D eigenvalue weighted by molar-refractivity contribution is 5.97. The van der Waals surface area contributed by atoms with Gasteiger partial charge in [-0.2, -0.15) is 0 Å². The predicted molar refractivity (Wildman–Crippen MR) is 85.8 cm³/mol. The van der Waals surface area contributed by atoms with E-state index in [0.717, 1.165) is 17.0 Å². The van der Waals surface area contributed by atoms with Crippen LogP contribution in [0.3, 0.4) is 0 Å². The maximum atomic E-state index is 12.6. The fourth-order valence-corrected chi connectivity index (χ4v) is 2.53. The molecule has 4 nitrogen and oxygen atoms in total. The van der Waals surface area contributed by atoms with Crippen molar-refractivity contribution in [2.45, 2.75) is 46.6 Å². The van der Waals surface area contributed by atoms with Gasteiger partial charge < -0.3 is 14.8 Å². The van der Waals surface area contributed by atoms with E-state index in [2.05, 4.69) is 19.2 Å². The number of ether oxygens (including phenoxy) is 2. The number of hydrogen-bond acceptors (Lipinski definition) is 3. The van der Waals surface area contributed by atoms with Crippen molar-refractivity contribution in [3.8, 4) is 5.75 Å². The first-order chi connectivity index (χ1) is 9.82. The van der Waals surface area contributed by atoms with Crippen molar-refractivity contribution in [1.82, 2.24) is 0 Å². The van der Waals surface area contributed by atoms with Crippen LogP contribution < -0.4 is 10.1 Å². The van der Waals surface area contributed by atoms with Crippen LogP contribution in [0.1, 0.15) is 39.7 Å². The summed E-state index contributed by atoms with van der Waals surface area (Å²) >= 11 is 0. The molecule has 0 bridgehead atoms. The van der Waals surface area contributed by atoms with E-state index in [1.807, 2.05) is 39.0 Å². The van der Waals surface area contributed by atoms with Crippen molar-refractivity contribution in [3.05, 3.63) is 23.8 Å². The molecule has 1 rings (SSSR count). The lowest BCUT2D eigenvalue weighted by atomic mass is 9.93. The average Bonchev–Trinajstić information content (AvgIpc) is 2.38. The number of aryl methyl sites for hydroxylation is 1. The third-order valence-electron chi connectivity index (χ3n) is 3.39. The molecule has 0 saturated heterocycles. The van der Waals surface area contributed by atoms with Crippen molar-refractivity contribution in [3.63, 3.8) is 0 Å². The van der Waals surface area contributed by atoms with Crippen LogP contribution in [0.5, 0.6) is 5.75 Å². The largest absolute Gasteiger partial charge is 0.496 e. The van der Waals surface area contributed by atoms with Gasteiger partial charge in [0.25, 0.3) is 5.91 Å². The molecule has 0 heterocycles. The monoisotopic (exact) mass is 293 g/mol. The van der Waals surface area contributed by atoms with Gasteiger partial charge in [-0.15, -0.1) is 0 Å². The van der Waals surface area contributed by atoms with Gasteiger partial charge in [-0.3, -0.25) is 4.79 Å². The van der Waals surface area contributed by atoms with Crippen LogP contribution in [0.2, 0.25) is 0 Å². The minimum atomic E-state index is -0.809. The van der Waals surface area contributed by atoms with Gasteiger partial charge in [0, 0.05) is 12.3 Å². The van der Waals surface area contributed by atoms with Gasteiger partial charge in [0.15, 0.2) is 0 Å². The van der Waals surface area contributed by atoms with Crippen molar-refractivity contribution in [2.24, 2.45) is 5.92 Å². The summed E-state index contributed by atoms with van der Waals surface area (Å²) in [5, 5.41) is 2.95. The lowest BCUT2D eigenvalue weighted by Crippen LogP contribution is -2.44. The molecule has 0 fully saturated rings. The highest BCUT2D eigenvalue weighted by atomic mass is 16.5. The SMILES string of the molecule is CCO[C@@](C)(CC(C)C)C(=O)Nc1ccc(OC)c(C)c1. The number of benzene rings is 1. The minimum Gasteiger partial charge on any atom is -0.496 e. The summed E-state index contributed by atoms with van der Waals surface area (Å²) in [6.45, 7) is 10.4. The van der Waals surface area contributed by atoms with Crippen molar-refractivity contribution < 1.29 is 14.3 Å². The first kappa shape index (κ1) is 17.5. The first-order valence-electron chi connectivity index (χ1n) is 7.42. The minimum absolute atomic E-state index is 0.109. The number of carbonyl (C=O) groups is 1. The lowest BCUT2D eigenvalue weighted by Gasteiger charge is -2.30. The molecule has 0 radical (unpaired) electrons.